The Morgan fingerprint density at radius 3 is 2.40 bits per heavy atom. The molecule has 2 aromatic rings. The van der Waals surface area contributed by atoms with Crippen LogP contribution in [-0.4, -0.2) is 18.4 Å². The second-order valence-corrected chi connectivity index (χ2v) is 6.71. The first-order chi connectivity index (χ1) is 11.8. The Morgan fingerprint density at radius 1 is 1.04 bits per heavy atom. The summed E-state index contributed by atoms with van der Waals surface area (Å²) in [6.07, 6.45) is 0.148. The monoisotopic (exact) mass is 378 g/mol. The van der Waals surface area contributed by atoms with Crippen LogP contribution in [0.15, 0.2) is 36.4 Å². The van der Waals surface area contributed by atoms with Crippen LogP contribution >= 0.6 is 23.2 Å². The minimum absolute atomic E-state index is 0.114. The first kappa shape index (κ1) is 19.3. The molecule has 0 heterocycles. The Kier molecular flexibility index (Phi) is 6.45. The van der Waals surface area contributed by atoms with Gasteiger partial charge < -0.3 is 10.2 Å². The molecular formula is C19H20Cl2N2O2. The van der Waals surface area contributed by atoms with E-state index in [1.165, 1.54) is 6.92 Å². The maximum absolute atomic E-state index is 12.2. The minimum atomic E-state index is -0.237. The molecule has 1 N–H and O–H groups in total. The highest BCUT2D eigenvalue weighted by Gasteiger charge is 2.15. The molecule has 0 fully saturated rings. The zero-order valence-electron chi connectivity index (χ0n) is 14.4. The Hall–Kier alpha value is -2.04. The van der Waals surface area contributed by atoms with Crippen molar-refractivity contribution in [3.63, 3.8) is 0 Å². The highest BCUT2D eigenvalue weighted by molar-refractivity contribution is 6.35. The third kappa shape index (κ3) is 5.21. The normalized spacial score (nSPS) is 10.4. The van der Waals surface area contributed by atoms with Gasteiger partial charge in [0.1, 0.15) is 0 Å². The van der Waals surface area contributed by atoms with E-state index < -0.39 is 0 Å². The predicted octanol–water partition coefficient (Wildman–Crippen LogP) is 4.99. The number of benzene rings is 2. The van der Waals surface area contributed by atoms with E-state index in [0.717, 1.165) is 16.8 Å². The summed E-state index contributed by atoms with van der Waals surface area (Å²) in [5.41, 5.74) is 3.49. The molecule has 6 heteroatoms. The highest BCUT2D eigenvalue weighted by Crippen LogP contribution is 2.25. The van der Waals surface area contributed by atoms with Gasteiger partial charge in [0.15, 0.2) is 0 Å². The second-order valence-electron chi connectivity index (χ2n) is 5.86. The van der Waals surface area contributed by atoms with Gasteiger partial charge in [-0.3, -0.25) is 9.59 Å². The lowest BCUT2D eigenvalue weighted by Gasteiger charge is -2.22. The number of anilines is 2. The molecule has 2 amide bonds. The number of hydrogen-bond acceptors (Lipinski definition) is 2. The van der Waals surface area contributed by atoms with Gasteiger partial charge in [0.25, 0.3) is 0 Å². The predicted molar refractivity (Wildman–Crippen MR) is 104 cm³/mol. The van der Waals surface area contributed by atoms with Crippen LogP contribution in [0.2, 0.25) is 10.0 Å². The van der Waals surface area contributed by atoms with Gasteiger partial charge in [-0.15, -0.1) is 0 Å². The van der Waals surface area contributed by atoms with Gasteiger partial charge in [-0.05, 0) is 55.3 Å². The molecular weight excluding hydrogens is 359 g/mol. The molecule has 0 aliphatic carbocycles. The van der Waals surface area contributed by atoms with Crippen LogP contribution in [-0.2, 0) is 9.59 Å². The quantitative estimate of drug-likeness (QED) is 0.796. The van der Waals surface area contributed by atoms with Gasteiger partial charge >= 0.3 is 0 Å². The highest BCUT2D eigenvalue weighted by atomic mass is 35.5. The summed E-state index contributed by atoms with van der Waals surface area (Å²) in [5, 5.41) is 3.62. The van der Waals surface area contributed by atoms with Gasteiger partial charge in [0, 0.05) is 30.6 Å². The number of carbonyl (C=O) groups is 2. The van der Waals surface area contributed by atoms with Crippen molar-refractivity contribution >= 4 is 46.4 Å². The minimum Gasteiger partial charge on any atom is -0.325 e. The Labute approximate surface area is 157 Å². The van der Waals surface area contributed by atoms with Crippen molar-refractivity contribution in [3.8, 4) is 0 Å². The molecule has 0 saturated carbocycles. The first-order valence-electron chi connectivity index (χ1n) is 7.88. The van der Waals surface area contributed by atoms with Crippen molar-refractivity contribution in [2.75, 3.05) is 16.8 Å². The number of nitrogens with zero attached hydrogens (tertiary/aromatic N) is 1. The smallest absolute Gasteiger partial charge is 0.226 e. The summed E-state index contributed by atoms with van der Waals surface area (Å²) in [5.74, 6) is -0.351. The van der Waals surface area contributed by atoms with E-state index in [4.69, 9.17) is 23.2 Å². The maximum atomic E-state index is 12.2. The molecule has 0 atom stereocenters. The van der Waals surface area contributed by atoms with Crippen molar-refractivity contribution in [2.24, 2.45) is 0 Å². The number of hydrogen-bond donors (Lipinski definition) is 1. The first-order valence-corrected chi connectivity index (χ1v) is 8.64. The summed E-state index contributed by atoms with van der Waals surface area (Å²) < 4.78 is 0. The number of aryl methyl sites for hydroxylation is 2. The number of halogens is 2. The molecule has 0 radical (unpaired) electrons. The lowest BCUT2D eigenvalue weighted by atomic mass is 10.1. The summed E-state index contributed by atoms with van der Waals surface area (Å²) in [4.78, 5) is 25.8. The van der Waals surface area contributed by atoms with Crippen molar-refractivity contribution in [3.05, 3.63) is 57.6 Å². The Balaban J connectivity index is 2.05. The fourth-order valence-electron chi connectivity index (χ4n) is 2.38. The second kappa shape index (κ2) is 8.37. The molecule has 2 rings (SSSR count). The lowest BCUT2D eigenvalue weighted by molar-refractivity contribution is -0.117. The number of carbonyl (C=O) groups excluding carboxylic acids is 2. The summed E-state index contributed by atoms with van der Waals surface area (Å²) >= 11 is 12.0. The molecule has 0 unspecified atom stereocenters. The van der Waals surface area contributed by atoms with E-state index in [-0.39, 0.29) is 24.8 Å². The van der Waals surface area contributed by atoms with Crippen LogP contribution in [0.3, 0.4) is 0 Å². The van der Waals surface area contributed by atoms with E-state index in [9.17, 15) is 9.59 Å². The van der Waals surface area contributed by atoms with Gasteiger partial charge in [0.2, 0.25) is 11.8 Å². The van der Waals surface area contributed by atoms with Crippen LogP contribution in [0, 0.1) is 13.8 Å². The van der Waals surface area contributed by atoms with Gasteiger partial charge in [-0.2, -0.15) is 0 Å². The number of nitrogens with one attached hydrogen (secondary N) is 1. The molecule has 2 aromatic carbocycles. The molecule has 0 aliphatic heterocycles. The Morgan fingerprint density at radius 2 is 1.76 bits per heavy atom. The fourth-order valence-corrected chi connectivity index (χ4v) is 2.72. The van der Waals surface area contributed by atoms with Crippen LogP contribution in [0.1, 0.15) is 24.5 Å². The standard InChI is InChI=1S/C19H20Cl2N2O2/c1-12-4-6-16(10-13(12)2)23(14(3)24)9-8-19(25)22-18-11-15(20)5-7-17(18)21/h4-7,10-11H,8-9H2,1-3H3,(H,22,25). The van der Waals surface area contributed by atoms with E-state index in [2.05, 4.69) is 5.32 Å². The molecule has 4 nitrogen and oxygen atoms in total. The maximum Gasteiger partial charge on any atom is 0.226 e. The summed E-state index contributed by atoms with van der Waals surface area (Å²) in [7, 11) is 0. The largest absolute Gasteiger partial charge is 0.325 e. The van der Waals surface area contributed by atoms with Crippen molar-refractivity contribution in [2.45, 2.75) is 27.2 Å². The van der Waals surface area contributed by atoms with Crippen molar-refractivity contribution in [1.82, 2.24) is 0 Å². The van der Waals surface area contributed by atoms with E-state index in [1.54, 1.807) is 23.1 Å². The van der Waals surface area contributed by atoms with Crippen molar-refractivity contribution < 1.29 is 9.59 Å². The molecule has 0 aromatic heterocycles. The molecule has 25 heavy (non-hydrogen) atoms. The van der Waals surface area contributed by atoms with Gasteiger partial charge in [-0.25, -0.2) is 0 Å². The average molecular weight is 379 g/mol. The van der Waals surface area contributed by atoms with Gasteiger partial charge in [0.05, 0.1) is 10.7 Å². The molecule has 132 valence electrons. The topological polar surface area (TPSA) is 49.4 Å². The SMILES string of the molecule is CC(=O)N(CCC(=O)Nc1cc(Cl)ccc1Cl)c1ccc(C)c(C)c1. The summed E-state index contributed by atoms with van der Waals surface area (Å²) in [6.45, 7) is 5.77. The van der Waals surface area contributed by atoms with E-state index in [1.807, 2.05) is 32.0 Å². The summed E-state index contributed by atoms with van der Waals surface area (Å²) in [6, 6.07) is 10.7. The van der Waals surface area contributed by atoms with E-state index >= 15 is 0 Å². The Bertz CT molecular complexity index is 806. The van der Waals surface area contributed by atoms with Crippen LogP contribution in [0.5, 0.6) is 0 Å². The molecule has 0 saturated heterocycles. The van der Waals surface area contributed by atoms with Crippen LogP contribution in [0.4, 0.5) is 11.4 Å². The number of amides is 2. The zero-order valence-corrected chi connectivity index (χ0v) is 15.9. The van der Waals surface area contributed by atoms with Crippen LogP contribution < -0.4 is 10.2 Å². The van der Waals surface area contributed by atoms with Crippen molar-refractivity contribution in [1.29, 1.82) is 0 Å². The average Bonchev–Trinajstić information content (AvgIpc) is 2.54. The third-order valence-electron chi connectivity index (χ3n) is 3.95. The fraction of sp³-hybridized carbons (Fsp3) is 0.263. The van der Waals surface area contributed by atoms with E-state index in [0.29, 0.717) is 15.7 Å². The molecule has 0 aliphatic rings. The molecule has 0 bridgehead atoms. The lowest BCUT2D eigenvalue weighted by Crippen LogP contribution is -2.32. The zero-order chi connectivity index (χ0) is 18.6. The third-order valence-corrected chi connectivity index (χ3v) is 4.51. The molecule has 0 spiro atoms. The van der Waals surface area contributed by atoms with Crippen LogP contribution in [0.25, 0.3) is 0 Å². The van der Waals surface area contributed by atoms with Gasteiger partial charge in [-0.1, -0.05) is 29.3 Å². The number of rotatable bonds is 5.